The molecule has 34 heavy (non-hydrogen) atoms. The van der Waals surface area contributed by atoms with E-state index in [4.69, 9.17) is 30.4 Å². The summed E-state index contributed by atoms with van der Waals surface area (Å²) < 4.78 is 20.7. The number of methoxy groups -OCH3 is 4. The molecule has 0 radical (unpaired) electrons. The molecule has 2 rings (SSSR count). The van der Waals surface area contributed by atoms with Gasteiger partial charge in [-0.05, 0) is 12.1 Å². The molecule has 12 nitrogen and oxygen atoms in total. The van der Waals surface area contributed by atoms with Crippen LogP contribution in [0.15, 0.2) is 24.3 Å². The van der Waals surface area contributed by atoms with Crippen LogP contribution in [0.3, 0.4) is 0 Å². The molecule has 4 N–H and O–H groups in total. The number of nitro groups is 2. The SMILES string of the molecule is COc1cc(C(N)CSSCC(N)c2cc(OC)c(OC)cc2[N+](=O)[O-])c([N+](=O)[O-])cc1OC. The van der Waals surface area contributed by atoms with E-state index in [2.05, 4.69) is 0 Å². The monoisotopic (exact) mass is 514 g/mol. The van der Waals surface area contributed by atoms with Crippen molar-refractivity contribution in [3.63, 3.8) is 0 Å². The summed E-state index contributed by atoms with van der Waals surface area (Å²) in [6.45, 7) is 0. The number of hydrogen-bond donors (Lipinski definition) is 2. The average molecular weight is 515 g/mol. The molecule has 2 aromatic carbocycles. The smallest absolute Gasteiger partial charge is 0.278 e. The van der Waals surface area contributed by atoms with Crippen LogP contribution < -0.4 is 30.4 Å². The topological polar surface area (TPSA) is 175 Å². The third-order valence-corrected chi connectivity index (χ3v) is 7.31. The maximum Gasteiger partial charge on any atom is 0.278 e. The van der Waals surface area contributed by atoms with Gasteiger partial charge in [0.15, 0.2) is 23.0 Å². The highest BCUT2D eigenvalue weighted by molar-refractivity contribution is 8.76. The van der Waals surface area contributed by atoms with Gasteiger partial charge in [-0.1, -0.05) is 21.6 Å². The van der Waals surface area contributed by atoms with Crippen molar-refractivity contribution < 1.29 is 28.8 Å². The van der Waals surface area contributed by atoms with Gasteiger partial charge in [0.2, 0.25) is 0 Å². The predicted octanol–water partition coefficient (Wildman–Crippen LogP) is 3.62. The van der Waals surface area contributed by atoms with Gasteiger partial charge in [-0.25, -0.2) is 0 Å². The van der Waals surface area contributed by atoms with Crippen LogP contribution >= 0.6 is 21.6 Å². The van der Waals surface area contributed by atoms with Gasteiger partial charge < -0.3 is 30.4 Å². The van der Waals surface area contributed by atoms with Gasteiger partial charge in [-0.3, -0.25) is 20.2 Å². The Bertz CT molecular complexity index is 959. The van der Waals surface area contributed by atoms with E-state index in [0.29, 0.717) is 34.1 Å². The fraction of sp³-hybridized carbons (Fsp3) is 0.400. The zero-order valence-corrected chi connectivity index (χ0v) is 20.6. The van der Waals surface area contributed by atoms with E-state index in [0.717, 1.165) is 0 Å². The fourth-order valence-corrected chi connectivity index (χ4v) is 5.40. The summed E-state index contributed by atoms with van der Waals surface area (Å²) in [7, 11) is 8.33. The number of nitrogens with two attached hydrogens (primary N) is 2. The van der Waals surface area contributed by atoms with Gasteiger partial charge in [0.05, 0.1) is 61.5 Å². The molecule has 2 aromatic rings. The Hall–Kier alpha value is -2.94. The Labute approximate surface area is 203 Å². The van der Waals surface area contributed by atoms with E-state index in [1.165, 1.54) is 74.3 Å². The number of nitrogens with zero attached hydrogens (tertiary/aromatic N) is 2. The van der Waals surface area contributed by atoms with Crippen LogP contribution in [0.4, 0.5) is 11.4 Å². The van der Waals surface area contributed by atoms with Crippen LogP contribution in [-0.2, 0) is 0 Å². The van der Waals surface area contributed by atoms with Crippen molar-refractivity contribution in [3.8, 4) is 23.0 Å². The Morgan fingerprint density at radius 2 is 1.00 bits per heavy atom. The molecule has 0 saturated heterocycles. The van der Waals surface area contributed by atoms with Crippen LogP contribution in [0.5, 0.6) is 23.0 Å². The Kier molecular flexibility index (Phi) is 10.0. The molecule has 0 spiro atoms. The minimum atomic E-state index is -0.677. The van der Waals surface area contributed by atoms with E-state index in [9.17, 15) is 20.2 Å². The number of nitro benzene ring substituents is 2. The van der Waals surface area contributed by atoms with Crippen molar-refractivity contribution in [2.24, 2.45) is 11.5 Å². The molecular formula is C20H26N4O8S2. The maximum atomic E-state index is 11.5. The minimum Gasteiger partial charge on any atom is -0.493 e. The quantitative estimate of drug-likeness (QED) is 0.172. The summed E-state index contributed by atoms with van der Waals surface area (Å²) in [6, 6.07) is 4.18. The van der Waals surface area contributed by atoms with Gasteiger partial charge >= 0.3 is 0 Å². The average Bonchev–Trinajstić information content (AvgIpc) is 2.84. The first-order chi connectivity index (χ1) is 16.2. The van der Waals surface area contributed by atoms with E-state index in [1.807, 2.05) is 0 Å². The van der Waals surface area contributed by atoms with Gasteiger partial charge in [-0.2, -0.15) is 0 Å². The van der Waals surface area contributed by atoms with Crippen molar-refractivity contribution in [2.45, 2.75) is 12.1 Å². The van der Waals surface area contributed by atoms with E-state index in [-0.39, 0.29) is 22.9 Å². The van der Waals surface area contributed by atoms with Crippen LogP contribution in [-0.4, -0.2) is 49.8 Å². The van der Waals surface area contributed by atoms with Gasteiger partial charge in [-0.15, -0.1) is 0 Å². The molecule has 186 valence electrons. The van der Waals surface area contributed by atoms with Crippen LogP contribution in [0.2, 0.25) is 0 Å². The molecule has 0 heterocycles. The van der Waals surface area contributed by atoms with E-state index < -0.39 is 21.9 Å². The van der Waals surface area contributed by atoms with Gasteiger partial charge in [0.1, 0.15) is 0 Å². The molecule has 0 aromatic heterocycles. The van der Waals surface area contributed by atoms with Gasteiger partial charge in [0, 0.05) is 23.6 Å². The zero-order valence-electron chi connectivity index (χ0n) is 19.0. The lowest BCUT2D eigenvalue weighted by atomic mass is 10.1. The minimum absolute atomic E-state index is 0.173. The third-order valence-electron chi connectivity index (χ3n) is 4.84. The van der Waals surface area contributed by atoms with Crippen LogP contribution in [0.1, 0.15) is 23.2 Å². The number of rotatable bonds is 13. The summed E-state index contributed by atoms with van der Waals surface area (Å²) >= 11 is 0. The molecule has 2 unspecified atom stereocenters. The second-order valence-electron chi connectivity index (χ2n) is 6.83. The molecular weight excluding hydrogens is 488 g/mol. The van der Waals surface area contributed by atoms with Crippen molar-refractivity contribution in [2.75, 3.05) is 39.9 Å². The molecule has 0 amide bonds. The first-order valence-corrected chi connectivity index (χ1v) is 12.2. The predicted molar refractivity (Wildman–Crippen MR) is 131 cm³/mol. The second-order valence-corrected chi connectivity index (χ2v) is 9.38. The van der Waals surface area contributed by atoms with Crippen molar-refractivity contribution in [1.82, 2.24) is 0 Å². The maximum absolute atomic E-state index is 11.5. The highest BCUT2D eigenvalue weighted by Gasteiger charge is 2.26. The normalized spacial score (nSPS) is 12.5. The van der Waals surface area contributed by atoms with Crippen molar-refractivity contribution in [1.29, 1.82) is 0 Å². The summed E-state index contributed by atoms with van der Waals surface area (Å²) in [4.78, 5) is 22.0. The molecule has 0 aliphatic heterocycles. The summed E-state index contributed by atoms with van der Waals surface area (Å²) in [5.41, 5.74) is 12.7. The largest absolute Gasteiger partial charge is 0.493 e. The lowest BCUT2D eigenvalue weighted by molar-refractivity contribution is -0.385. The fourth-order valence-electron chi connectivity index (χ4n) is 3.10. The third kappa shape index (κ3) is 6.34. The lowest BCUT2D eigenvalue weighted by Crippen LogP contribution is -2.16. The summed E-state index contributed by atoms with van der Waals surface area (Å²) in [6.07, 6.45) is 0. The highest BCUT2D eigenvalue weighted by atomic mass is 33.1. The number of benzene rings is 2. The Morgan fingerprint density at radius 1 is 0.706 bits per heavy atom. The standard InChI is InChI=1S/C20H26N4O8S2/c1-29-17-5-11(15(23(25)26)7-19(17)31-3)13(21)9-33-34-10-14(22)12-6-18(30-2)20(32-4)8-16(12)24(27)28/h5-8,13-14H,9-10,21-22H2,1-4H3. The second kappa shape index (κ2) is 12.5. The first kappa shape index (κ1) is 27.3. The Balaban J connectivity index is 2.10. The lowest BCUT2D eigenvalue weighted by Gasteiger charge is -2.17. The van der Waals surface area contributed by atoms with Gasteiger partial charge in [0.25, 0.3) is 11.4 Å². The number of hydrogen-bond acceptors (Lipinski definition) is 12. The molecule has 0 aliphatic carbocycles. The first-order valence-electron chi connectivity index (χ1n) is 9.74. The molecule has 0 fully saturated rings. The molecule has 0 aliphatic rings. The van der Waals surface area contributed by atoms with Crippen LogP contribution in [0.25, 0.3) is 0 Å². The highest BCUT2D eigenvalue weighted by Crippen LogP contribution is 2.40. The van der Waals surface area contributed by atoms with E-state index >= 15 is 0 Å². The van der Waals surface area contributed by atoms with Crippen molar-refractivity contribution in [3.05, 3.63) is 55.6 Å². The van der Waals surface area contributed by atoms with Crippen molar-refractivity contribution >= 4 is 33.0 Å². The van der Waals surface area contributed by atoms with E-state index in [1.54, 1.807) is 0 Å². The summed E-state index contributed by atoms with van der Waals surface area (Å²) in [5.74, 6) is 1.77. The molecule has 14 heteroatoms. The Morgan fingerprint density at radius 3 is 1.26 bits per heavy atom. The zero-order chi connectivity index (χ0) is 25.4. The molecule has 0 saturated carbocycles. The molecule has 0 bridgehead atoms. The van der Waals surface area contributed by atoms with Crippen LogP contribution in [0, 0.1) is 20.2 Å². The number of ether oxygens (including phenoxy) is 4. The summed E-state index contributed by atoms with van der Waals surface area (Å²) in [5, 5.41) is 23.0. The molecule has 2 atom stereocenters.